The quantitative estimate of drug-likeness (QED) is 0.728. The van der Waals surface area contributed by atoms with Crippen molar-refractivity contribution in [2.75, 3.05) is 6.61 Å². The molecule has 0 spiro atoms. The van der Waals surface area contributed by atoms with E-state index in [0.29, 0.717) is 12.6 Å². The van der Waals surface area contributed by atoms with Gasteiger partial charge in [0.15, 0.2) is 0 Å². The summed E-state index contributed by atoms with van der Waals surface area (Å²) in [6.07, 6.45) is 8.25. The molecule has 1 aliphatic carbocycles. The van der Waals surface area contributed by atoms with Gasteiger partial charge in [0.2, 0.25) is 0 Å². The summed E-state index contributed by atoms with van der Waals surface area (Å²) in [5.41, 5.74) is 3.30. The lowest BCUT2D eigenvalue weighted by Crippen LogP contribution is -1.95. The summed E-state index contributed by atoms with van der Waals surface area (Å²) in [6, 6.07) is 8.76. The number of hydrogen-bond acceptors (Lipinski definition) is 3. The minimum Gasteiger partial charge on any atom is -0.492 e. The largest absolute Gasteiger partial charge is 0.492 e. The van der Waals surface area contributed by atoms with Crippen molar-refractivity contribution in [2.45, 2.75) is 25.8 Å². The van der Waals surface area contributed by atoms with Crippen LogP contribution in [0.15, 0.2) is 42.9 Å². The van der Waals surface area contributed by atoms with Crippen LogP contribution in [0.4, 0.5) is 0 Å². The third kappa shape index (κ3) is 2.17. The lowest BCUT2D eigenvalue weighted by atomic mass is 10.0. The normalized spacial score (nSPS) is 14.5. The second-order valence-corrected chi connectivity index (χ2v) is 5.38. The average Bonchev–Trinajstić information content (AvgIpc) is 3.28. The number of rotatable bonds is 4. The Bertz CT molecular complexity index is 775. The number of pyridine rings is 1. The second-order valence-electron chi connectivity index (χ2n) is 5.38. The molecule has 0 unspecified atom stereocenters. The van der Waals surface area contributed by atoms with E-state index < -0.39 is 0 Å². The molecule has 1 aliphatic rings. The van der Waals surface area contributed by atoms with Crippen LogP contribution >= 0.6 is 0 Å². The first-order chi connectivity index (χ1) is 10.4. The lowest BCUT2D eigenvalue weighted by Gasteiger charge is -2.07. The molecule has 21 heavy (non-hydrogen) atoms. The lowest BCUT2D eigenvalue weighted by molar-refractivity contribution is 0.343. The van der Waals surface area contributed by atoms with E-state index in [1.54, 1.807) is 0 Å². The van der Waals surface area contributed by atoms with Gasteiger partial charge in [-0.25, -0.2) is 0 Å². The molecule has 2 aromatic heterocycles. The van der Waals surface area contributed by atoms with Crippen LogP contribution in [0.5, 0.6) is 5.75 Å². The zero-order valence-corrected chi connectivity index (χ0v) is 12.0. The van der Waals surface area contributed by atoms with E-state index in [2.05, 4.69) is 21.9 Å². The third-order valence-electron chi connectivity index (χ3n) is 3.87. The van der Waals surface area contributed by atoms with Crippen molar-refractivity contribution in [3.8, 4) is 16.9 Å². The Hall–Kier alpha value is -2.36. The maximum absolute atomic E-state index is 5.74. The van der Waals surface area contributed by atoms with Crippen molar-refractivity contribution in [3.05, 3.63) is 42.9 Å². The number of aromatic nitrogens is 3. The molecule has 0 bridgehead atoms. The van der Waals surface area contributed by atoms with Crippen LogP contribution in [0, 0.1) is 0 Å². The fraction of sp³-hybridized carbons (Fsp3) is 0.294. The molecule has 0 radical (unpaired) electrons. The minimum absolute atomic E-state index is 0.567. The molecule has 3 aromatic rings. The van der Waals surface area contributed by atoms with Crippen molar-refractivity contribution in [1.82, 2.24) is 14.8 Å². The Kier molecular flexibility index (Phi) is 2.88. The van der Waals surface area contributed by atoms with Crippen molar-refractivity contribution in [1.29, 1.82) is 0 Å². The summed E-state index contributed by atoms with van der Waals surface area (Å²) < 4.78 is 7.83. The molecule has 106 valence electrons. The second kappa shape index (κ2) is 4.88. The van der Waals surface area contributed by atoms with E-state index >= 15 is 0 Å². The Labute approximate surface area is 123 Å². The van der Waals surface area contributed by atoms with Gasteiger partial charge in [0, 0.05) is 24.0 Å². The highest BCUT2D eigenvalue weighted by Gasteiger charge is 2.25. The van der Waals surface area contributed by atoms with Crippen molar-refractivity contribution in [3.63, 3.8) is 0 Å². The summed E-state index contributed by atoms with van der Waals surface area (Å²) in [5.74, 6) is 0.865. The molecular formula is C17H17N3O. The van der Waals surface area contributed by atoms with Crippen LogP contribution < -0.4 is 4.74 Å². The number of nitrogens with zero attached hydrogens (tertiary/aromatic N) is 3. The highest BCUT2D eigenvalue weighted by molar-refractivity contribution is 5.97. The van der Waals surface area contributed by atoms with Gasteiger partial charge in [-0.1, -0.05) is 0 Å². The summed E-state index contributed by atoms with van der Waals surface area (Å²) in [5, 5.41) is 5.91. The summed E-state index contributed by atoms with van der Waals surface area (Å²) in [4.78, 5) is 4.10. The smallest absolute Gasteiger partial charge is 0.147 e. The predicted octanol–water partition coefficient (Wildman–Crippen LogP) is 3.83. The molecule has 0 saturated heterocycles. The number of hydrogen-bond donors (Lipinski definition) is 0. The van der Waals surface area contributed by atoms with Gasteiger partial charge in [-0.05, 0) is 55.2 Å². The molecule has 1 saturated carbocycles. The van der Waals surface area contributed by atoms with Crippen LogP contribution in [-0.2, 0) is 0 Å². The fourth-order valence-electron chi connectivity index (χ4n) is 2.68. The Morgan fingerprint density at radius 2 is 2.00 bits per heavy atom. The summed E-state index contributed by atoms with van der Waals surface area (Å²) >= 11 is 0. The van der Waals surface area contributed by atoms with Crippen LogP contribution in [0.3, 0.4) is 0 Å². The van der Waals surface area contributed by atoms with E-state index in [4.69, 9.17) is 9.84 Å². The Morgan fingerprint density at radius 1 is 1.19 bits per heavy atom. The average molecular weight is 279 g/mol. The van der Waals surface area contributed by atoms with Crippen LogP contribution in [0.2, 0.25) is 0 Å². The summed E-state index contributed by atoms with van der Waals surface area (Å²) in [6.45, 7) is 2.65. The molecule has 1 fully saturated rings. The van der Waals surface area contributed by atoms with Gasteiger partial charge in [0.05, 0.1) is 12.6 Å². The standard InChI is InChI=1S/C17H17N3O/c1-2-21-16-6-5-14(12-7-9-18-10-8-12)15-11-20(13-3-4-13)19-17(15)16/h5-11,13H,2-4H2,1H3. The van der Waals surface area contributed by atoms with E-state index in [9.17, 15) is 0 Å². The van der Waals surface area contributed by atoms with E-state index in [0.717, 1.165) is 22.2 Å². The van der Waals surface area contributed by atoms with Gasteiger partial charge in [-0.2, -0.15) is 5.10 Å². The fourth-order valence-corrected chi connectivity index (χ4v) is 2.68. The van der Waals surface area contributed by atoms with E-state index in [-0.39, 0.29) is 0 Å². The Morgan fingerprint density at radius 3 is 2.71 bits per heavy atom. The third-order valence-corrected chi connectivity index (χ3v) is 3.87. The highest BCUT2D eigenvalue weighted by Crippen LogP contribution is 2.39. The molecule has 0 atom stereocenters. The number of benzene rings is 1. The first-order valence-corrected chi connectivity index (χ1v) is 7.42. The van der Waals surface area contributed by atoms with Gasteiger partial charge < -0.3 is 4.74 Å². The van der Waals surface area contributed by atoms with Crippen molar-refractivity contribution >= 4 is 10.9 Å². The molecule has 2 heterocycles. The van der Waals surface area contributed by atoms with Gasteiger partial charge in [0.25, 0.3) is 0 Å². The first-order valence-electron chi connectivity index (χ1n) is 7.42. The van der Waals surface area contributed by atoms with Crippen LogP contribution in [0.25, 0.3) is 22.0 Å². The molecule has 0 amide bonds. The molecule has 0 aliphatic heterocycles. The van der Waals surface area contributed by atoms with E-state index in [1.807, 2.05) is 37.5 Å². The Balaban J connectivity index is 1.93. The van der Waals surface area contributed by atoms with Crippen molar-refractivity contribution in [2.24, 2.45) is 0 Å². The predicted molar refractivity (Wildman–Crippen MR) is 82.4 cm³/mol. The monoisotopic (exact) mass is 279 g/mol. The molecule has 1 aromatic carbocycles. The SMILES string of the molecule is CCOc1ccc(-c2ccncc2)c2cn(C3CC3)nc12. The topological polar surface area (TPSA) is 39.9 Å². The number of fused-ring (bicyclic) bond motifs is 1. The van der Waals surface area contributed by atoms with Crippen LogP contribution in [0.1, 0.15) is 25.8 Å². The van der Waals surface area contributed by atoms with Gasteiger partial charge in [-0.15, -0.1) is 0 Å². The number of ether oxygens (including phenoxy) is 1. The summed E-state index contributed by atoms with van der Waals surface area (Å²) in [7, 11) is 0. The van der Waals surface area contributed by atoms with Crippen molar-refractivity contribution < 1.29 is 4.74 Å². The maximum atomic E-state index is 5.74. The van der Waals surface area contributed by atoms with E-state index in [1.165, 1.54) is 18.4 Å². The molecular weight excluding hydrogens is 262 g/mol. The van der Waals surface area contributed by atoms with Gasteiger partial charge in [-0.3, -0.25) is 9.67 Å². The molecule has 4 nitrogen and oxygen atoms in total. The minimum atomic E-state index is 0.567. The zero-order chi connectivity index (χ0) is 14.2. The van der Waals surface area contributed by atoms with Gasteiger partial charge >= 0.3 is 0 Å². The molecule has 0 N–H and O–H groups in total. The van der Waals surface area contributed by atoms with Gasteiger partial charge in [0.1, 0.15) is 11.3 Å². The highest BCUT2D eigenvalue weighted by atomic mass is 16.5. The maximum Gasteiger partial charge on any atom is 0.147 e. The first kappa shape index (κ1) is 12.4. The molecule has 4 rings (SSSR count). The van der Waals surface area contributed by atoms with Crippen LogP contribution in [-0.4, -0.2) is 21.4 Å². The molecule has 4 heteroatoms. The zero-order valence-electron chi connectivity index (χ0n) is 12.0.